The van der Waals surface area contributed by atoms with Crippen molar-refractivity contribution in [2.45, 2.75) is 146 Å². The standard InChI is InChI=1S/C44H60N4O4.5C4H8O.U/c1-29-17-33(5)41(49)37(21-29)25-45-9-11-46(26-38-22-30(2)18-34(6)42(38)50)13-15-48(28-40-24-32(4)20-36(8)44(40)52)16-14-47(12-10-45)27-39-23-31(3)19-35(7)43(39)51;5*1-2-4-5-3-1;/h17-24,49-52H,9-16,25-28H2,1-8H3;5*1-4H2;/q;;;;;;+4/p-4. The van der Waals surface area contributed by atoms with Gasteiger partial charge in [-0.05, 0) is 142 Å². The number of rotatable bonds is 8. The van der Waals surface area contributed by atoms with Gasteiger partial charge in [0.2, 0.25) is 0 Å². The SMILES string of the molecule is C1CCOC1.C1CCOC1.C1CCOC1.C1CCOC1.C1CCOC1.Cc1cc(C)c([O-])c(CN2CCN(Cc3cc(C)cc(C)c3[O-])CCN(Cc3cc(C)cc(C)c3[O-])CCN(Cc3cc(C)cc(C)c3[O-])CC2)c1.[U+4]. The molecule has 0 spiro atoms. The van der Waals surface area contributed by atoms with Gasteiger partial charge in [-0.1, -0.05) is 93.0 Å². The first kappa shape index (κ1) is 67.3. The zero-order valence-corrected chi connectivity index (χ0v) is 53.4. The average Bonchev–Trinajstić information content (AvgIpc) is 4.27. The van der Waals surface area contributed by atoms with E-state index in [4.69, 9.17) is 23.7 Å². The van der Waals surface area contributed by atoms with E-state index in [9.17, 15) is 20.4 Å². The summed E-state index contributed by atoms with van der Waals surface area (Å²) >= 11 is 0. The fourth-order valence-corrected chi connectivity index (χ4v) is 10.4. The summed E-state index contributed by atoms with van der Waals surface area (Å²) in [6, 6.07) is 15.8. The first-order valence-corrected chi connectivity index (χ1v) is 29.0. The Kier molecular flexibility index (Phi) is 32.5. The van der Waals surface area contributed by atoms with Crippen LogP contribution < -0.4 is 20.4 Å². The van der Waals surface area contributed by atoms with Gasteiger partial charge in [0.1, 0.15) is 0 Å². The Morgan fingerprint density at radius 1 is 0.282 bits per heavy atom. The molecule has 6 fully saturated rings. The molecule has 430 valence electrons. The van der Waals surface area contributed by atoms with Crippen LogP contribution in [0.3, 0.4) is 0 Å². The molecule has 14 heteroatoms. The minimum atomic E-state index is 0. The first-order chi connectivity index (χ1) is 37.2. The molecule has 4 aromatic carbocycles. The second-order valence-electron chi connectivity index (χ2n) is 22.0. The van der Waals surface area contributed by atoms with Crippen molar-refractivity contribution in [2.75, 3.05) is 118 Å². The zero-order chi connectivity index (χ0) is 55.4. The smallest absolute Gasteiger partial charge is 0.872 e. The van der Waals surface area contributed by atoms with E-state index in [-0.39, 0.29) is 54.1 Å². The van der Waals surface area contributed by atoms with Crippen LogP contribution in [-0.4, -0.2) is 138 Å². The normalized spacial score (nSPS) is 18.5. The monoisotopic (exact) mass is 1300 g/mol. The second-order valence-corrected chi connectivity index (χ2v) is 22.0. The molecule has 0 bridgehead atoms. The Bertz CT molecular complexity index is 1930. The van der Waals surface area contributed by atoms with E-state index < -0.39 is 0 Å². The summed E-state index contributed by atoms with van der Waals surface area (Å²) in [7, 11) is 0. The van der Waals surface area contributed by atoms with Gasteiger partial charge in [0.25, 0.3) is 0 Å². The molecule has 4 aromatic rings. The number of hydrogen-bond donors (Lipinski definition) is 0. The van der Waals surface area contributed by atoms with Crippen LogP contribution in [-0.2, 0) is 49.9 Å². The summed E-state index contributed by atoms with van der Waals surface area (Å²) in [6.07, 6.45) is 12.8. The topological polar surface area (TPSA) is 151 Å². The summed E-state index contributed by atoms with van der Waals surface area (Å²) in [4.78, 5) is 9.42. The van der Waals surface area contributed by atoms with Gasteiger partial charge >= 0.3 is 31.1 Å². The van der Waals surface area contributed by atoms with Crippen LogP contribution in [0.4, 0.5) is 0 Å². The third-order valence-corrected chi connectivity index (χ3v) is 14.6. The van der Waals surface area contributed by atoms with Crippen molar-refractivity contribution in [3.8, 4) is 23.0 Å². The molecule has 0 unspecified atom stereocenters. The van der Waals surface area contributed by atoms with Crippen LogP contribution in [0, 0.1) is 86.5 Å². The first-order valence-electron chi connectivity index (χ1n) is 29.0. The molecule has 0 saturated carbocycles. The summed E-state index contributed by atoms with van der Waals surface area (Å²) in [5, 5.41) is 53.2. The molecule has 6 heterocycles. The third-order valence-electron chi connectivity index (χ3n) is 14.6. The van der Waals surface area contributed by atoms with E-state index in [1.165, 1.54) is 64.2 Å². The van der Waals surface area contributed by atoms with E-state index >= 15 is 0 Å². The Morgan fingerprint density at radius 3 is 0.564 bits per heavy atom. The molecule has 78 heavy (non-hydrogen) atoms. The van der Waals surface area contributed by atoms with E-state index in [1.54, 1.807) is 0 Å². The predicted molar refractivity (Wildman–Crippen MR) is 303 cm³/mol. The van der Waals surface area contributed by atoms with Gasteiger partial charge in [0.15, 0.2) is 0 Å². The van der Waals surface area contributed by atoms with Gasteiger partial charge < -0.3 is 44.1 Å². The Morgan fingerprint density at radius 2 is 0.436 bits per heavy atom. The maximum atomic E-state index is 13.3. The fourth-order valence-electron chi connectivity index (χ4n) is 10.4. The largest absolute Gasteiger partial charge is 4.00 e. The van der Waals surface area contributed by atoms with E-state index in [0.29, 0.717) is 78.5 Å². The molecule has 0 N–H and O–H groups in total. The molecule has 0 aliphatic carbocycles. The minimum Gasteiger partial charge on any atom is -0.872 e. The number of aryl methyl sites for hydroxylation is 8. The number of nitrogens with zero attached hydrogens (tertiary/aromatic N) is 4. The Labute approximate surface area is 494 Å². The van der Waals surface area contributed by atoms with Crippen LogP contribution in [0.5, 0.6) is 23.0 Å². The van der Waals surface area contributed by atoms with Crippen LogP contribution in [0.15, 0.2) is 48.5 Å². The third kappa shape index (κ3) is 25.3. The molecule has 10 rings (SSSR count). The number of ether oxygens (including phenoxy) is 5. The molecule has 6 aliphatic heterocycles. The van der Waals surface area contributed by atoms with Crippen LogP contribution in [0.2, 0.25) is 0 Å². The fraction of sp³-hybridized carbons (Fsp3) is 0.625. The van der Waals surface area contributed by atoms with Crippen LogP contribution in [0.1, 0.15) is 131 Å². The van der Waals surface area contributed by atoms with Crippen LogP contribution >= 0.6 is 0 Å². The van der Waals surface area contributed by atoms with Gasteiger partial charge in [0, 0.05) is 145 Å². The molecule has 0 aromatic heterocycles. The average molecular weight is 1300 g/mol. The van der Waals surface area contributed by atoms with E-state index in [2.05, 4.69) is 19.6 Å². The van der Waals surface area contributed by atoms with Crippen molar-refractivity contribution in [1.82, 2.24) is 19.6 Å². The van der Waals surface area contributed by atoms with Gasteiger partial charge in [0.05, 0.1) is 0 Å². The Hall–Kier alpha value is -3.23. The zero-order valence-electron chi connectivity index (χ0n) is 49.2. The van der Waals surface area contributed by atoms with Gasteiger partial charge in [-0.2, -0.15) is 0 Å². The van der Waals surface area contributed by atoms with E-state index in [0.717, 1.165) is 133 Å². The van der Waals surface area contributed by atoms with Crippen LogP contribution in [0.25, 0.3) is 0 Å². The maximum Gasteiger partial charge on any atom is 4.00 e. The number of benzene rings is 4. The summed E-state index contributed by atoms with van der Waals surface area (Å²) in [5.74, 6) is 0.343. The molecule has 13 nitrogen and oxygen atoms in total. The van der Waals surface area contributed by atoms with Gasteiger partial charge in [-0.3, -0.25) is 19.6 Å². The molecular weight excluding hydrogens is 1210 g/mol. The summed E-state index contributed by atoms with van der Waals surface area (Å²) in [5.41, 5.74) is 10.5. The molecule has 0 radical (unpaired) electrons. The van der Waals surface area contributed by atoms with Crippen molar-refractivity contribution in [1.29, 1.82) is 0 Å². The molecule has 6 saturated heterocycles. The minimum absolute atomic E-state index is 0. The summed E-state index contributed by atoms with van der Waals surface area (Å²) < 4.78 is 24.7. The van der Waals surface area contributed by atoms with E-state index in [1.807, 2.05) is 104 Å². The van der Waals surface area contributed by atoms with Crippen molar-refractivity contribution >= 4 is 0 Å². The number of hydrogen-bond acceptors (Lipinski definition) is 13. The van der Waals surface area contributed by atoms with Crippen molar-refractivity contribution in [3.63, 3.8) is 0 Å². The Balaban J connectivity index is 0.000000404. The molecule has 0 amide bonds. The molecular formula is C64H96N4O9U. The second kappa shape index (κ2) is 37.7. The summed E-state index contributed by atoms with van der Waals surface area (Å²) in [6.45, 7) is 33.4. The predicted octanol–water partition coefficient (Wildman–Crippen LogP) is 8.75. The quantitative estimate of drug-likeness (QED) is 0.166. The van der Waals surface area contributed by atoms with Crippen molar-refractivity contribution in [3.05, 3.63) is 115 Å². The van der Waals surface area contributed by atoms with Crippen molar-refractivity contribution in [2.24, 2.45) is 0 Å². The maximum absolute atomic E-state index is 13.3. The molecule has 0 atom stereocenters. The van der Waals surface area contributed by atoms with Crippen molar-refractivity contribution < 1.29 is 75.2 Å². The van der Waals surface area contributed by atoms with Gasteiger partial charge in [-0.15, -0.1) is 23.0 Å². The molecule has 6 aliphatic rings. The van der Waals surface area contributed by atoms with Gasteiger partial charge in [-0.25, -0.2) is 0 Å².